The number of nitrogens with zero attached hydrogens (tertiary/aromatic N) is 1. The summed E-state index contributed by atoms with van der Waals surface area (Å²) in [7, 11) is -2.46. The Kier molecular flexibility index (Phi) is 5.61. The Labute approximate surface area is 121 Å². The maximum atomic E-state index is 12.3. The number of rotatable bonds is 6. The van der Waals surface area contributed by atoms with Gasteiger partial charge >= 0.3 is 5.97 Å². The Balaban J connectivity index is 2.94. The summed E-state index contributed by atoms with van der Waals surface area (Å²) in [6, 6.07) is 4.42. The van der Waals surface area contributed by atoms with Crippen LogP contribution in [-0.2, 0) is 14.8 Å². The minimum atomic E-state index is -3.82. The lowest BCUT2D eigenvalue weighted by Crippen LogP contribution is -2.28. The van der Waals surface area contributed by atoms with Crippen LogP contribution in [0.1, 0.15) is 12.8 Å². The number of carbonyl (C=O) groups is 1. The van der Waals surface area contributed by atoms with Gasteiger partial charge in [-0.3, -0.25) is 4.79 Å². The van der Waals surface area contributed by atoms with E-state index in [-0.39, 0.29) is 34.3 Å². The number of halogens is 2. The molecule has 0 saturated heterocycles. The Bertz CT molecular complexity index is 554. The summed E-state index contributed by atoms with van der Waals surface area (Å²) in [5.41, 5.74) is 0. The lowest BCUT2D eigenvalue weighted by molar-refractivity contribution is -0.137. The van der Waals surface area contributed by atoms with Gasteiger partial charge in [0.05, 0.1) is 10.0 Å². The fourth-order valence-electron chi connectivity index (χ4n) is 1.46. The van der Waals surface area contributed by atoms with E-state index in [1.54, 1.807) is 6.07 Å². The van der Waals surface area contributed by atoms with Crippen LogP contribution in [0.5, 0.6) is 0 Å². The molecular weight excluding hydrogens is 313 g/mol. The SMILES string of the molecule is CN(CCCC(=O)O)S(=O)(=O)c1c(Cl)cccc1Cl. The molecule has 19 heavy (non-hydrogen) atoms. The molecule has 0 radical (unpaired) electrons. The molecule has 0 amide bonds. The van der Waals surface area contributed by atoms with Crippen molar-refractivity contribution in [2.75, 3.05) is 13.6 Å². The van der Waals surface area contributed by atoms with Crippen molar-refractivity contribution in [3.05, 3.63) is 28.2 Å². The summed E-state index contributed by atoms with van der Waals surface area (Å²) in [5, 5.41) is 8.60. The molecule has 8 heteroatoms. The second-order valence-corrected chi connectivity index (χ2v) is 6.67. The van der Waals surface area contributed by atoms with Crippen molar-refractivity contribution in [2.45, 2.75) is 17.7 Å². The normalized spacial score (nSPS) is 11.8. The van der Waals surface area contributed by atoms with Gasteiger partial charge in [-0.25, -0.2) is 12.7 Å². The van der Waals surface area contributed by atoms with Gasteiger partial charge in [-0.1, -0.05) is 29.3 Å². The van der Waals surface area contributed by atoms with Crippen LogP contribution < -0.4 is 0 Å². The largest absolute Gasteiger partial charge is 0.481 e. The zero-order valence-electron chi connectivity index (χ0n) is 10.1. The number of aliphatic carboxylic acids is 1. The average Bonchev–Trinajstić information content (AvgIpc) is 2.27. The second-order valence-electron chi connectivity index (χ2n) is 3.87. The third-order valence-electron chi connectivity index (χ3n) is 2.45. The Morgan fingerprint density at radius 1 is 1.32 bits per heavy atom. The van der Waals surface area contributed by atoms with E-state index in [1.165, 1.54) is 19.2 Å². The first kappa shape index (κ1) is 16.2. The van der Waals surface area contributed by atoms with E-state index >= 15 is 0 Å². The summed E-state index contributed by atoms with van der Waals surface area (Å²) in [6.45, 7) is 0.0795. The zero-order valence-corrected chi connectivity index (χ0v) is 12.5. The minimum Gasteiger partial charge on any atom is -0.481 e. The van der Waals surface area contributed by atoms with E-state index in [2.05, 4.69) is 0 Å². The molecule has 0 unspecified atom stereocenters. The van der Waals surface area contributed by atoms with Gasteiger partial charge in [0.2, 0.25) is 10.0 Å². The molecular formula is C11H13Cl2NO4S. The molecule has 0 spiro atoms. The molecule has 1 N–H and O–H groups in total. The lowest BCUT2D eigenvalue weighted by Gasteiger charge is -2.18. The van der Waals surface area contributed by atoms with Gasteiger partial charge in [-0.2, -0.15) is 0 Å². The summed E-state index contributed by atoms with van der Waals surface area (Å²) < 4.78 is 25.6. The predicted octanol–water partition coefficient (Wildman–Crippen LogP) is 2.48. The average molecular weight is 326 g/mol. The van der Waals surface area contributed by atoms with Crippen LogP contribution in [0.4, 0.5) is 0 Å². The van der Waals surface area contributed by atoms with Crippen molar-refractivity contribution < 1.29 is 18.3 Å². The first-order valence-corrected chi connectivity index (χ1v) is 7.58. The maximum Gasteiger partial charge on any atom is 0.303 e. The smallest absolute Gasteiger partial charge is 0.303 e. The predicted molar refractivity (Wildman–Crippen MR) is 73.1 cm³/mol. The van der Waals surface area contributed by atoms with Crippen molar-refractivity contribution in [1.82, 2.24) is 4.31 Å². The van der Waals surface area contributed by atoms with Crippen LogP contribution in [0.15, 0.2) is 23.1 Å². The van der Waals surface area contributed by atoms with Crippen LogP contribution >= 0.6 is 23.2 Å². The molecule has 1 rings (SSSR count). The fourth-order valence-corrected chi connectivity index (χ4v) is 3.75. The molecule has 0 atom stereocenters. The van der Waals surface area contributed by atoms with Crippen LogP contribution in [-0.4, -0.2) is 37.4 Å². The van der Waals surface area contributed by atoms with Gasteiger partial charge in [-0.15, -0.1) is 0 Å². The molecule has 0 aliphatic rings. The van der Waals surface area contributed by atoms with Gasteiger partial charge in [-0.05, 0) is 18.6 Å². The highest BCUT2D eigenvalue weighted by Crippen LogP contribution is 2.30. The first-order valence-electron chi connectivity index (χ1n) is 5.39. The van der Waals surface area contributed by atoms with Crippen molar-refractivity contribution in [3.63, 3.8) is 0 Å². The summed E-state index contributed by atoms with van der Waals surface area (Å²) >= 11 is 11.7. The highest BCUT2D eigenvalue weighted by Gasteiger charge is 2.26. The molecule has 0 bridgehead atoms. The van der Waals surface area contributed by atoms with Gasteiger partial charge in [0.25, 0.3) is 0 Å². The molecule has 106 valence electrons. The molecule has 0 aliphatic heterocycles. The molecule has 1 aromatic rings. The molecule has 0 fully saturated rings. The summed E-state index contributed by atoms with van der Waals surface area (Å²) in [6.07, 6.45) is 0.114. The van der Waals surface area contributed by atoms with E-state index in [4.69, 9.17) is 28.3 Å². The fraction of sp³-hybridized carbons (Fsp3) is 0.364. The summed E-state index contributed by atoms with van der Waals surface area (Å²) in [5.74, 6) is -0.971. The van der Waals surface area contributed by atoms with E-state index in [1.807, 2.05) is 0 Å². The molecule has 0 heterocycles. The van der Waals surface area contributed by atoms with Crippen molar-refractivity contribution in [3.8, 4) is 0 Å². The number of carboxylic acid groups (broad SMARTS) is 1. The third-order valence-corrected chi connectivity index (χ3v) is 5.26. The number of hydrogen-bond donors (Lipinski definition) is 1. The maximum absolute atomic E-state index is 12.3. The third kappa shape index (κ3) is 4.07. The van der Waals surface area contributed by atoms with Gasteiger partial charge in [0.15, 0.2) is 0 Å². The second kappa shape index (κ2) is 6.56. The quantitative estimate of drug-likeness (QED) is 0.871. The van der Waals surface area contributed by atoms with Crippen molar-refractivity contribution >= 4 is 39.2 Å². The van der Waals surface area contributed by atoms with E-state index in [0.29, 0.717) is 0 Å². The van der Waals surface area contributed by atoms with Gasteiger partial charge in [0, 0.05) is 20.0 Å². The summed E-state index contributed by atoms with van der Waals surface area (Å²) in [4.78, 5) is 10.2. The van der Waals surface area contributed by atoms with E-state index in [9.17, 15) is 13.2 Å². The van der Waals surface area contributed by atoms with E-state index in [0.717, 1.165) is 4.31 Å². The Morgan fingerprint density at radius 2 is 1.84 bits per heavy atom. The Morgan fingerprint density at radius 3 is 2.32 bits per heavy atom. The standard InChI is InChI=1S/C11H13Cl2NO4S/c1-14(7-3-6-10(15)16)19(17,18)11-8(12)4-2-5-9(11)13/h2,4-5H,3,6-7H2,1H3,(H,15,16). The topological polar surface area (TPSA) is 74.7 Å². The molecule has 0 aliphatic carbocycles. The van der Waals surface area contributed by atoms with Gasteiger partial charge < -0.3 is 5.11 Å². The van der Waals surface area contributed by atoms with Crippen LogP contribution in [0, 0.1) is 0 Å². The highest BCUT2D eigenvalue weighted by molar-refractivity contribution is 7.89. The number of hydrogen-bond acceptors (Lipinski definition) is 3. The van der Waals surface area contributed by atoms with Crippen molar-refractivity contribution in [2.24, 2.45) is 0 Å². The van der Waals surface area contributed by atoms with Crippen LogP contribution in [0.25, 0.3) is 0 Å². The van der Waals surface area contributed by atoms with Crippen LogP contribution in [0.2, 0.25) is 10.0 Å². The van der Waals surface area contributed by atoms with Crippen molar-refractivity contribution in [1.29, 1.82) is 0 Å². The molecule has 0 aromatic heterocycles. The molecule has 1 aromatic carbocycles. The highest BCUT2D eigenvalue weighted by atomic mass is 35.5. The van der Waals surface area contributed by atoms with E-state index < -0.39 is 16.0 Å². The minimum absolute atomic E-state index is 0.0394. The number of carboxylic acids is 1. The molecule has 0 saturated carbocycles. The zero-order chi connectivity index (χ0) is 14.6. The van der Waals surface area contributed by atoms with Crippen LogP contribution in [0.3, 0.4) is 0 Å². The number of benzene rings is 1. The molecule has 5 nitrogen and oxygen atoms in total. The van der Waals surface area contributed by atoms with Gasteiger partial charge in [0.1, 0.15) is 4.90 Å². The monoisotopic (exact) mass is 325 g/mol. The lowest BCUT2D eigenvalue weighted by atomic mass is 10.3. The first-order chi connectivity index (χ1) is 8.76. The number of sulfonamides is 1. The Hall–Kier alpha value is -0.820.